The number of carbonyl (C=O) groups is 3. The van der Waals surface area contributed by atoms with Crippen LogP contribution in [0.15, 0.2) is 72.8 Å². The van der Waals surface area contributed by atoms with Crippen molar-refractivity contribution in [3.05, 3.63) is 89.5 Å². The molecule has 0 unspecified atom stereocenters. The fourth-order valence-corrected chi connectivity index (χ4v) is 3.90. The van der Waals surface area contributed by atoms with Gasteiger partial charge in [0.25, 0.3) is 11.8 Å². The molecule has 0 fully saturated rings. The number of benzene rings is 3. The third kappa shape index (κ3) is 4.65. The zero-order valence-electron chi connectivity index (χ0n) is 18.7. The van der Waals surface area contributed by atoms with Crippen LogP contribution in [0.3, 0.4) is 0 Å². The quantitative estimate of drug-likeness (QED) is 0.462. The number of aryl methyl sites for hydroxylation is 1. The van der Waals surface area contributed by atoms with Gasteiger partial charge in [0, 0.05) is 5.69 Å². The van der Waals surface area contributed by atoms with Gasteiger partial charge in [-0.1, -0.05) is 50.1 Å². The van der Waals surface area contributed by atoms with E-state index in [0.29, 0.717) is 35.4 Å². The minimum atomic E-state index is -0.875. The number of fused-ring (bicyclic) bond motifs is 1. The summed E-state index contributed by atoms with van der Waals surface area (Å²) < 4.78 is 5.90. The number of imide groups is 1. The smallest absolute Gasteiger partial charge is 0.262 e. The number of ether oxygens (including phenoxy) is 1. The van der Waals surface area contributed by atoms with Gasteiger partial charge in [-0.2, -0.15) is 0 Å². The second-order valence-electron chi connectivity index (χ2n) is 8.07. The number of nitrogens with zero attached hydrogens (tertiary/aromatic N) is 1. The predicted molar refractivity (Wildman–Crippen MR) is 127 cm³/mol. The van der Waals surface area contributed by atoms with Crippen LogP contribution in [0.2, 0.25) is 0 Å². The van der Waals surface area contributed by atoms with Crippen LogP contribution in [-0.4, -0.2) is 28.7 Å². The molecule has 1 N–H and O–H groups in total. The molecule has 0 bridgehead atoms. The van der Waals surface area contributed by atoms with E-state index in [1.165, 1.54) is 0 Å². The summed E-state index contributed by atoms with van der Waals surface area (Å²) in [6, 6.07) is 20.5. The van der Waals surface area contributed by atoms with Crippen molar-refractivity contribution >= 4 is 23.4 Å². The Balaban J connectivity index is 1.49. The fourth-order valence-electron chi connectivity index (χ4n) is 3.90. The van der Waals surface area contributed by atoms with E-state index in [9.17, 15) is 14.4 Å². The van der Waals surface area contributed by atoms with E-state index in [4.69, 9.17) is 4.74 Å². The Labute approximate surface area is 193 Å². The summed E-state index contributed by atoms with van der Waals surface area (Å²) in [7, 11) is 0. The van der Waals surface area contributed by atoms with E-state index < -0.39 is 17.9 Å². The van der Waals surface area contributed by atoms with Crippen molar-refractivity contribution in [3.8, 4) is 11.5 Å². The van der Waals surface area contributed by atoms with E-state index in [-0.39, 0.29) is 5.91 Å². The van der Waals surface area contributed by atoms with Gasteiger partial charge in [0.1, 0.15) is 17.5 Å². The molecule has 33 heavy (non-hydrogen) atoms. The lowest BCUT2D eigenvalue weighted by Crippen LogP contribution is -2.47. The van der Waals surface area contributed by atoms with E-state index in [0.717, 1.165) is 22.6 Å². The maximum Gasteiger partial charge on any atom is 0.262 e. The number of para-hydroxylation sites is 1. The van der Waals surface area contributed by atoms with Crippen molar-refractivity contribution in [2.75, 3.05) is 5.32 Å². The molecule has 1 aliphatic rings. The second kappa shape index (κ2) is 9.69. The van der Waals surface area contributed by atoms with Crippen molar-refractivity contribution in [1.29, 1.82) is 0 Å². The number of hydrogen-bond acceptors (Lipinski definition) is 4. The highest BCUT2D eigenvalue weighted by atomic mass is 16.5. The van der Waals surface area contributed by atoms with Crippen LogP contribution in [0.4, 0.5) is 5.69 Å². The van der Waals surface area contributed by atoms with Crippen LogP contribution in [0.1, 0.15) is 52.5 Å². The summed E-state index contributed by atoms with van der Waals surface area (Å²) in [5, 5.41) is 2.86. The molecule has 0 spiro atoms. The van der Waals surface area contributed by atoms with Crippen molar-refractivity contribution in [1.82, 2.24) is 4.90 Å². The summed E-state index contributed by atoms with van der Waals surface area (Å²) in [6.07, 6.45) is 1.97. The normalized spacial score (nSPS) is 13.6. The minimum absolute atomic E-state index is 0.342. The van der Waals surface area contributed by atoms with Gasteiger partial charge >= 0.3 is 0 Å². The first kappa shape index (κ1) is 22.3. The van der Waals surface area contributed by atoms with Gasteiger partial charge in [0.05, 0.1) is 11.1 Å². The minimum Gasteiger partial charge on any atom is -0.457 e. The Bertz CT molecular complexity index is 1150. The Morgan fingerprint density at radius 1 is 0.909 bits per heavy atom. The van der Waals surface area contributed by atoms with Crippen molar-refractivity contribution in [3.63, 3.8) is 0 Å². The summed E-state index contributed by atoms with van der Waals surface area (Å²) in [6.45, 7) is 3.98. The molecule has 1 atom stereocenters. The number of carbonyl (C=O) groups excluding carboxylic acids is 3. The zero-order valence-corrected chi connectivity index (χ0v) is 18.7. The number of hydrogen-bond donors (Lipinski definition) is 1. The van der Waals surface area contributed by atoms with Crippen LogP contribution in [-0.2, 0) is 4.79 Å². The molecule has 4 rings (SSSR count). The SMILES string of the molecule is CCCC[C@@H](C(=O)Nc1ccc(Oc2ccccc2C)cc1)N1C(=O)c2ccccc2C1=O. The first-order chi connectivity index (χ1) is 16.0. The molecule has 3 aromatic rings. The third-order valence-electron chi connectivity index (χ3n) is 5.71. The summed E-state index contributed by atoms with van der Waals surface area (Å²) >= 11 is 0. The first-order valence-corrected chi connectivity index (χ1v) is 11.1. The molecule has 0 aromatic heterocycles. The Morgan fingerprint density at radius 3 is 2.12 bits per heavy atom. The average molecular weight is 443 g/mol. The van der Waals surface area contributed by atoms with Gasteiger partial charge in [-0.3, -0.25) is 19.3 Å². The molecule has 1 heterocycles. The number of unbranched alkanes of at least 4 members (excludes halogenated alkanes) is 1. The van der Waals surface area contributed by atoms with Crippen LogP contribution in [0, 0.1) is 6.92 Å². The highest BCUT2D eigenvalue weighted by Gasteiger charge is 2.42. The standard InChI is InChI=1S/C27H26N2O4/c1-3-4-12-23(29-26(31)21-10-6-7-11-22(21)27(29)32)25(30)28-19-14-16-20(17-15-19)33-24-13-8-5-9-18(24)2/h5-11,13-17,23H,3-4,12H2,1-2H3,(H,28,30)/t23-/m0/s1. The molecule has 6 heteroatoms. The lowest BCUT2D eigenvalue weighted by molar-refractivity contribution is -0.120. The van der Waals surface area contributed by atoms with E-state index in [1.807, 2.05) is 38.1 Å². The van der Waals surface area contributed by atoms with Gasteiger partial charge in [-0.15, -0.1) is 0 Å². The van der Waals surface area contributed by atoms with Crippen molar-refractivity contribution in [2.24, 2.45) is 0 Å². The van der Waals surface area contributed by atoms with Crippen LogP contribution >= 0.6 is 0 Å². The van der Waals surface area contributed by atoms with Gasteiger partial charge < -0.3 is 10.1 Å². The molecular weight excluding hydrogens is 416 g/mol. The molecule has 0 saturated carbocycles. The molecule has 3 amide bonds. The topological polar surface area (TPSA) is 75.7 Å². The number of rotatable bonds is 8. The summed E-state index contributed by atoms with van der Waals surface area (Å²) in [5.41, 5.74) is 2.27. The molecule has 1 aliphatic heterocycles. The fraction of sp³-hybridized carbons (Fsp3) is 0.222. The van der Waals surface area contributed by atoms with Crippen LogP contribution < -0.4 is 10.1 Å². The van der Waals surface area contributed by atoms with Gasteiger partial charge in [0.2, 0.25) is 5.91 Å². The lowest BCUT2D eigenvalue weighted by Gasteiger charge is -2.25. The monoisotopic (exact) mass is 442 g/mol. The van der Waals surface area contributed by atoms with Gasteiger partial charge in [0.15, 0.2) is 0 Å². The number of amides is 3. The van der Waals surface area contributed by atoms with Gasteiger partial charge in [-0.05, 0) is 61.4 Å². The van der Waals surface area contributed by atoms with E-state index >= 15 is 0 Å². The van der Waals surface area contributed by atoms with Crippen LogP contribution in [0.5, 0.6) is 11.5 Å². The maximum absolute atomic E-state index is 13.2. The number of nitrogens with one attached hydrogen (secondary N) is 1. The van der Waals surface area contributed by atoms with Crippen LogP contribution in [0.25, 0.3) is 0 Å². The molecule has 0 saturated heterocycles. The van der Waals surface area contributed by atoms with Crippen molar-refractivity contribution in [2.45, 2.75) is 39.2 Å². The Kier molecular flexibility index (Phi) is 6.54. The first-order valence-electron chi connectivity index (χ1n) is 11.1. The Morgan fingerprint density at radius 2 is 1.52 bits per heavy atom. The predicted octanol–water partition coefficient (Wildman–Crippen LogP) is 5.58. The summed E-state index contributed by atoms with van der Waals surface area (Å²) in [4.78, 5) is 40.1. The molecule has 3 aromatic carbocycles. The molecular formula is C27H26N2O4. The molecule has 6 nitrogen and oxygen atoms in total. The third-order valence-corrected chi connectivity index (χ3v) is 5.71. The number of anilines is 1. The zero-order chi connectivity index (χ0) is 23.4. The molecule has 0 aliphatic carbocycles. The van der Waals surface area contributed by atoms with E-state index in [2.05, 4.69) is 5.32 Å². The highest BCUT2D eigenvalue weighted by molar-refractivity contribution is 6.23. The summed E-state index contributed by atoms with van der Waals surface area (Å²) in [5.74, 6) is 0.179. The van der Waals surface area contributed by atoms with Crippen molar-refractivity contribution < 1.29 is 19.1 Å². The second-order valence-corrected chi connectivity index (χ2v) is 8.07. The van der Waals surface area contributed by atoms with Gasteiger partial charge in [-0.25, -0.2) is 0 Å². The maximum atomic E-state index is 13.2. The molecule has 0 radical (unpaired) electrons. The molecule has 168 valence electrons. The van der Waals surface area contributed by atoms with E-state index in [1.54, 1.807) is 48.5 Å². The average Bonchev–Trinajstić information content (AvgIpc) is 3.07. The largest absolute Gasteiger partial charge is 0.457 e. The highest BCUT2D eigenvalue weighted by Crippen LogP contribution is 2.28. The Hall–Kier alpha value is -3.93. The lowest BCUT2D eigenvalue weighted by atomic mass is 10.1.